The lowest BCUT2D eigenvalue weighted by atomic mass is 9.66. The molecule has 56 heavy (non-hydrogen) atoms. The molecule has 0 spiro atoms. The average molecular weight is 767 g/mol. The van der Waals surface area contributed by atoms with Crippen molar-refractivity contribution in [1.29, 1.82) is 0 Å². The summed E-state index contributed by atoms with van der Waals surface area (Å²) in [5.74, 6) is 10.9. The van der Waals surface area contributed by atoms with Crippen molar-refractivity contribution in [2.75, 3.05) is 0 Å². The second kappa shape index (κ2) is 23.8. The van der Waals surface area contributed by atoms with Gasteiger partial charge in [-0.2, -0.15) is 0 Å². The van der Waals surface area contributed by atoms with E-state index < -0.39 is 0 Å². The second-order valence-electron chi connectivity index (χ2n) is 20.4. The van der Waals surface area contributed by atoms with Crippen molar-refractivity contribution in [3.63, 3.8) is 0 Å². The molecule has 316 valence electrons. The minimum Gasteiger partial charge on any atom is -0.261 e. The van der Waals surface area contributed by atoms with Gasteiger partial charge >= 0.3 is 0 Å². The molecular formula is C54H90N2. The maximum atomic E-state index is 4.90. The highest BCUT2D eigenvalue weighted by Gasteiger charge is 2.35. The smallest absolute Gasteiger partial charge is 0.0434 e. The van der Waals surface area contributed by atoms with Gasteiger partial charge in [0, 0.05) is 35.6 Å². The van der Waals surface area contributed by atoms with Crippen LogP contribution in [0.3, 0.4) is 0 Å². The summed E-state index contributed by atoms with van der Waals surface area (Å²) in [6.07, 6.45) is 38.2. The predicted molar refractivity (Wildman–Crippen MR) is 243 cm³/mol. The highest BCUT2D eigenvalue weighted by molar-refractivity contribution is 5.18. The van der Waals surface area contributed by atoms with Gasteiger partial charge in [0.05, 0.1) is 0 Å². The molecule has 2 aromatic rings. The number of aryl methyl sites for hydroxylation is 2. The molecule has 0 aliphatic heterocycles. The van der Waals surface area contributed by atoms with Crippen LogP contribution in [-0.2, 0) is 12.8 Å². The van der Waals surface area contributed by atoms with Gasteiger partial charge in [-0.1, -0.05) is 125 Å². The molecule has 2 heterocycles. The molecule has 4 aliphatic carbocycles. The van der Waals surface area contributed by atoms with Crippen LogP contribution in [0.2, 0.25) is 0 Å². The standard InChI is InChI=1S/C29H49N.C25H41N/c1-5-7-8-9-10-25-13-20-29(30-21-25)23(4)28-18-16-27(17-19-28)22(3)26-14-11-24(6-2)12-15-26;1-5-20-7-10-22(11-8-20)18(3)23-12-14-24(15-13-23)19(4)25-16-9-21(6-2)17-26-25/h13,20-24,26-28H,5-12,14-19H2,1-4H3;9,16-20,22-24H,5-8,10-15H2,1-4H3. The molecule has 6 rings (SSSR count). The Morgan fingerprint density at radius 3 is 1.16 bits per heavy atom. The zero-order chi connectivity index (χ0) is 39.9. The van der Waals surface area contributed by atoms with Crippen molar-refractivity contribution >= 4 is 0 Å². The van der Waals surface area contributed by atoms with Crippen LogP contribution in [0.25, 0.3) is 0 Å². The van der Waals surface area contributed by atoms with Crippen LogP contribution in [0.5, 0.6) is 0 Å². The Morgan fingerprint density at radius 1 is 0.446 bits per heavy atom. The van der Waals surface area contributed by atoms with Gasteiger partial charge in [0.25, 0.3) is 0 Å². The predicted octanol–water partition coefficient (Wildman–Crippen LogP) is 16.4. The van der Waals surface area contributed by atoms with Crippen molar-refractivity contribution in [3.05, 3.63) is 59.2 Å². The number of unbranched alkanes of at least 4 members (excludes halogenated alkanes) is 3. The van der Waals surface area contributed by atoms with Gasteiger partial charge in [-0.3, -0.25) is 9.97 Å². The third kappa shape index (κ3) is 13.2. The lowest BCUT2D eigenvalue weighted by molar-refractivity contribution is 0.119. The number of pyridine rings is 2. The minimum absolute atomic E-state index is 0.621. The van der Waals surface area contributed by atoms with E-state index in [1.165, 1.54) is 170 Å². The van der Waals surface area contributed by atoms with Crippen LogP contribution < -0.4 is 0 Å². The van der Waals surface area contributed by atoms with Gasteiger partial charge in [0.2, 0.25) is 0 Å². The fourth-order valence-electron chi connectivity index (χ4n) is 12.4. The van der Waals surface area contributed by atoms with Crippen LogP contribution in [-0.4, -0.2) is 9.97 Å². The van der Waals surface area contributed by atoms with Crippen molar-refractivity contribution < 1.29 is 0 Å². The van der Waals surface area contributed by atoms with Crippen molar-refractivity contribution in [2.24, 2.45) is 59.2 Å². The largest absolute Gasteiger partial charge is 0.261 e. The summed E-state index contributed by atoms with van der Waals surface area (Å²) < 4.78 is 0. The fraction of sp³-hybridized carbons (Fsp3) is 0.815. The van der Waals surface area contributed by atoms with Gasteiger partial charge < -0.3 is 0 Å². The summed E-state index contributed by atoms with van der Waals surface area (Å²) in [4.78, 5) is 9.66. The van der Waals surface area contributed by atoms with Gasteiger partial charge in [-0.25, -0.2) is 0 Å². The third-order valence-electron chi connectivity index (χ3n) is 17.3. The summed E-state index contributed by atoms with van der Waals surface area (Å²) in [5.41, 5.74) is 5.44. The van der Waals surface area contributed by atoms with Crippen molar-refractivity contribution in [1.82, 2.24) is 9.97 Å². The molecule has 0 amide bonds. The molecule has 0 N–H and O–H groups in total. The third-order valence-corrected chi connectivity index (χ3v) is 17.3. The summed E-state index contributed by atoms with van der Waals surface area (Å²) in [5, 5.41) is 0. The normalized spacial score (nSPS) is 30.7. The van der Waals surface area contributed by atoms with Crippen LogP contribution in [0.4, 0.5) is 0 Å². The molecule has 0 radical (unpaired) electrons. The monoisotopic (exact) mass is 767 g/mol. The molecule has 0 bridgehead atoms. The number of nitrogens with zero attached hydrogens (tertiary/aromatic N) is 2. The summed E-state index contributed by atoms with van der Waals surface area (Å²) in [6, 6.07) is 9.25. The van der Waals surface area contributed by atoms with Crippen LogP contribution in [0.1, 0.15) is 231 Å². The minimum atomic E-state index is 0.621. The van der Waals surface area contributed by atoms with Crippen LogP contribution in [0, 0.1) is 59.2 Å². The molecule has 2 nitrogen and oxygen atoms in total. The maximum absolute atomic E-state index is 4.90. The number of hydrogen-bond acceptors (Lipinski definition) is 2. The molecule has 2 aromatic heterocycles. The van der Waals surface area contributed by atoms with Crippen LogP contribution >= 0.6 is 0 Å². The Morgan fingerprint density at radius 2 is 0.821 bits per heavy atom. The summed E-state index contributed by atoms with van der Waals surface area (Å²) in [7, 11) is 0. The lowest BCUT2D eigenvalue weighted by Crippen LogP contribution is -2.29. The zero-order valence-electron chi connectivity index (χ0n) is 38.3. The Bertz CT molecular complexity index is 1300. The number of hydrogen-bond donors (Lipinski definition) is 0. The van der Waals surface area contributed by atoms with E-state index in [1.54, 1.807) is 0 Å². The van der Waals surface area contributed by atoms with E-state index in [0.717, 1.165) is 65.6 Å². The van der Waals surface area contributed by atoms with E-state index in [2.05, 4.69) is 92.0 Å². The fourth-order valence-corrected chi connectivity index (χ4v) is 12.4. The first kappa shape index (κ1) is 45.4. The maximum Gasteiger partial charge on any atom is 0.0434 e. The summed E-state index contributed by atoms with van der Waals surface area (Å²) >= 11 is 0. The molecule has 4 atom stereocenters. The molecule has 2 heteroatoms. The van der Waals surface area contributed by atoms with Gasteiger partial charge in [-0.15, -0.1) is 0 Å². The number of aromatic nitrogens is 2. The molecule has 4 saturated carbocycles. The molecule has 0 aromatic carbocycles. The quantitative estimate of drug-likeness (QED) is 0.159. The van der Waals surface area contributed by atoms with Crippen molar-refractivity contribution in [3.8, 4) is 0 Å². The first-order chi connectivity index (χ1) is 27.2. The molecule has 4 aliphatic rings. The van der Waals surface area contributed by atoms with E-state index in [0.29, 0.717) is 11.8 Å². The average Bonchev–Trinajstić information content (AvgIpc) is 3.27. The van der Waals surface area contributed by atoms with E-state index in [-0.39, 0.29) is 0 Å². The Labute approximate surface area is 348 Å². The van der Waals surface area contributed by atoms with Gasteiger partial charge in [0.1, 0.15) is 0 Å². The van der Waals surface area contributed by atoms with Gasteiger partial charge in [-0.05, 0) is 179 Å². The lowest BCUT2D eigenvalue weighted by Gasteiger charge is -2.40. The topological polar surface area (TPSA) is 25.8 Å². The van der Waals surface area contributed by atoms with E-state index in [4.69, 9.17) is 9.97 Å². The van der Waals surface area contributed by atoms with Crippen molar-refractivity contribution in [2.45, 2.75) is 221 Å². The molecule has 4 fully saturated rings. The highest BCUT2D eigenvalue weighted by Crippen LogP contribution is 2.46. The highest BCUT2D eigenvalue weighted by atomic mass is 14.7. The SMILES string of the molecule is CCCCCCc1ccc(C(C)C2CCC(C(C)C3CCC(CC)CC3)CC2)nc1.CCc1ccc(C(C)C2CCC(C(C)C3CCC(CC)CC3)CC2)nc1. The Balaban J connectivity index is 0.000000216. The Kier molecular flexibility index (Phi) is 19.3. The first-order valence-corrected chi connectivity index (χ1v) is 25.1. The molecule has 4 unspecified atom stereocenters. The van der Waals surface area contributed by atoms with E-state index in [9.17, 15) is 0 Å². The van der Waals surface area contributed by atoms with Crippen LogP contribution in [0.15, 0.2) is 36.7 Å². The molecular weight excluding hydrogens is 677 g/mol. The van der Waals surface area contributed by atoms with Gasteiger partial charge in [0.15, 0.2) is 0 Å². The summed E-state index contributed by atoms with van der Waals surface area (Å²) in [6.45, 7) is 19.3. The van der Waals surface area contributed by atoms with E-state index in [1.807, 2.05) is 0 Å². The van der Waals surface area contributed by atoms with E-state index >= 15 is 0 Å². The molecule has 0 saturated heterocycles. The number of rotatable bonds is 16. The zero-order valence-corrected chi connectivity index (χ0v) is 38.3. The Hall–Kier alpha value is -1.70. The first-order valence-electron chi connectivity index (χ1n) is 25.1. The second-order valence-corrected chi connectivity index (χ2v) is 20.4.